The summed E-state index contributed by atoms with van der Waals surface area (Å²) < 4.78 is 36.6. The molecule has 1 saturated heterocycles. The zero-order valence-corrected chi connectivity index (χ0v) is 13.3. The van der Waals surface area contributed by atoms with Crippen LogP contribution < -0.4 is 0 Å². The van der Waals surface area contributed by atoms with Crippen LogP contribution in [0.3, 0.4) is 0 Å². The highest BCUT2D eigenvalue weighted by Crippen LogP contribution is 2.45. The van der Waals surface area contributed by atoms with Crippen LogP contribution in [0.2, 0.25) is 0 Å². The first kappa shape index (κ1) is 15.5. The number of benzene rings is 1. The lowest BCUT2D eigenvalue weighted by Gasteiger charge is -2.22. The zero-order chi connectivity index (χ0) is 15.7. The van der Waals surface area contributed by atoms with Gasteiger partial charge in [0.2, 0.25) is 0 Å². The molecular weight excluding hydrogens is 304 g/mol. The smallest absolute Gasteiger partial charge is 0.308 e. The molecule has 120 valence electrons. The van der Waals surface area contributed by atoms with Crippen molar-refractivity contribution in [3.8, 4) is 0 Å². The molecule has 6 heteroatoms. The molecule has 0 bridgehead atoms. The lowest BCUT2D eigenvalue weighted by molar-refractivity contribution is -0.143. The summed E-state index contributed by atoms with van der Waals surface area (Å²) in [6, 6.07) is 8.42. The van der Waals surface area contributed by atoms with Crippen molar-refractivity contribution in [1.82, 2.24) is 0 Å². The number of methoxy groups -OCH3 is 1. The van der Waals surface area contributed by atoms with Crippen LogP contribution in [0.1, 0.15) is 25.7 Å². The molecule has 4 atom stereocenters. The highest BCUT2D eigenvalue weighted by molar-refractivity contribution is 7.92. The minimum absolute atomic E-state index is 0.0137. The Morgan fingerprint density at radius 3 is 2.68 bits per heavy atom. The third kappa shape index (κ3) is 2.65. The molecule has 1 aliphatic carbocycles. The van der Waals surface area contributed by atoms with Crippen LogP contribution in [0.5, 0.6) is 0 Å². The fourth-order valence-electron chi connectivity index (χ4n) is 3.69. The highest BCUT2D eigenvalue weighted by Gasteiger charge is 2.53. The topological polar surface area (TPSA) is 69.7 Å². The second kappa shape index (κ2) is 6.01. The van der Waals surface area contributed by atoms with E-state index in [2.05, 4.69) is 4.74 Å². The van der Waals surface area contributed by atoms with E-state index in [4.69, 9.17) is 4.74 Å². The Labute approximate surface area is 130 Å². The number of hydrogen-bond donors (Lipinski definition) is 0. The number of rotatable bonds is 4. The molecular formula is C16H20O5S. The molecule has 1 aromatic rings. The highest BCUT2D eigenvalue weighted by atomic mass is 32.2. The zero-order valence-electron chi connectivity index (χ0n) is 12.5. The number of esters is 1. The van der Waals surface area contributed by atoms with Crippen molar-refractivity contribution in [3.05, 3.63) is 30.3 Å². The summed E-state index contributed by atoms with van der Waals surface area (Å²) in [5.41, 5.74) is 0. The summed E-state index contributed by atoms with van der Waals surface area (Å²) in [4.78, 5) is 11.9. The number of fused-ring (bicyclic) bond motifs is 1. The molecule has 0 radical (unpaired) electrons. The van der Waals surface area contributed by atoms with Crippen LogP contribution >= 0.6 is 0 Å². The van der Waals surface area contributed by atoms with E-state index < -0.39 is 27.2 Å². The van der Waals surface area contributed by atoms with Crippen LogP contribution in [0.15, 0.2) is 35.2 Å². The average Bonchev–Trinajstić information content (AvgIpc) is 3.08. The Balaban J connectivity index is 1.94. The Bertz CT molecular complexity index is 640. The van der Waals surface area contributed by atoms with Gasteiger partial charge in [-0.1, -0.05) is 24.6 Å². The molecule has 0 amide bonds. The van der Waals surface area contributed by atoms with E-state index in [0.717, 1.165) is 19.3 Å². The standard InChI is InChI=1S/C16H20O5S/c1-20-15(17)10-14-16(12-8-5-9-13(12)21-14)22(18,19)11-6-3-2-4-7-11/h2-4,6-7,12-14,16H,5,8-10H2,1H3/t12-,13+,14-,16+/m1/s1. The third-order valence-corrected chi connectivity index (χ3v) is 6.97. The number of carbonyl (C=O) groups is 1. The van der Waals surface area contributed by atoms with Crippen LogP contribution in [0.25, 0.3) is 0 Å². The Morgan fingerprint density at radius 2 is 2.00 bits per heavy atom. The number of ether oxygens (including phenoxy) is 2. The van der Waals surface area contributed by atoms with Gasteiger partial charge in [-0.3, -0.25) is 4.79 Å². The minimum Gasteiger partial charge on any atom is -0.469 e. The Hall–Kier alpha value is -1.40. The first-order valence-electron chi connectivity index (χ1n) is 7.55. The molecule has 0 spiro atoms. The largest absolute Gasteiger partial charge is 0.469 e. The monoisotopic (exact) mass is 324 g/mol. The van der Waals surface area contributed by atoms with Crippen LogP contribution in [0, 0.1) is 5.92 Å². The predicted octanol–water partition coefficient (Wildman–Crippen LogP) is 1.96. The number of hydrogen-bond acceptors (Lipinski definition) is 5. The SMILES string of the molecule is COC(=O)C[C@H]1O[C@H]2CCC[C@H]2[C@@H]1S(=O)(=O)c1ccccc1. The maximum Gasteiger partial charge on any atom is 0.308 e. The molecule has 2 fully saturated rings. The maximum absolute atomic E-state index is 13.0. The number of carbonyl (C=O) groups excluding carboxylic acids is 1. The number of sulfone groups is 1. The molecule has 0 unspecified atom stereocenters. The average molecular weight is 324 g/mol. The van der Waals surface area contributed by atoms with Gasteiger partial charge in [0.05, 0.1) is 35.9 Å². The molecule has 5 nitrogen and oxygen atoms in total. The predicted molar refractivity (Wildman–Crippen MR) is 80.1 cm³/mol. The van der Waals surface area contributed by atoms with E-state index in [1.165, 1.54) is 7.11 Å². The van der Waals surface area contributed by atoms with E-state index in [1.54, 1.807) is 30.3 Å². The van der Waals surface area contributed by atoms with E-state index in [1.807, 2.05) is 0 Å². The van der Waals surface area contributed by atoms with Crippen LogP contribution in [-0.4, -0.2) is 39.0 Å². The second-order valence-electron chi connectivity index (χ2n) is 5.91. The van der Waals surface area contributed by atoms with Gasteiger partial charge in [0.25, 0.3) is 0 Å². The van der Waals surface area contributed by atoms with Crippen molar-refractivity contribution in [1.29, 1.82) is 0 Å². The summed E-state index contributed by atoms with van der Waals surface area (Å²) in [5, 5.41) is -0.665. The lowest BCUT2D eigenvalue weighted by atomic mass is 10.00. The molecule has 22 heavy (non-hydrogen) atoms. The lowest BCUT2D eigenvalue weighted by Crippen LogP contribution is -2.36. The van der Waals surface area contributed by atoms with Gasteiger partial charge in [0, 0.05) is 5.92 Å². The fourth-order valence-corrected chi connectivity index (χ4v) is 5.87. The molecule has 0 N–H and O–H groups in total. The summed E-state index contributed by atoms with van der Waals surface area (Å²) in [6.07, 6.45) is 1.98. The van der Waals surface area contributed by atoms with Crippen molar-refractivity contribution in [3.63, 3.8) is 0 Å². The molecule has 3 rings (SSSR count). The van der Waals surface area contributed by atoms with Crippen molar-refractivity contribution < 1.29 is 22.7 Å². The quantitative estimate of drug-likeness (QED) is 0.792. The molecule has 2 aliphatic rings. The van der Waals surface area contributed by atoms with Gasteiger partial charge in [-0.2, -0.15) is 0 Å². The summed E-state index contributed by atoms with van der Waals surface area (Å²) in [6.45, 7) is 0. The van der Waals surface area contributed by atoms with Gasteiger partial charge < -0.3 is 9.47 Å². The Kier molecular flexibility index (Phi) is 4.23. The van der Waals surface area contributed by atoms with Crippen molar-refractivity contribution >= 4 is 15.8 Å². The third-order valence-electron chi connectivity index (χ3n) is 4.67. The second-order valence-corrected chi connectivity index (χ2v) is 8.02. The van der Waals surface area contributed by atoms with Gasteiger partial charge in [-0.05, 0) is 25.0 Å². The van der Waals surface area contributed by atoms with Gasteiger partial charge in [0.1, 0.15) is 0 Å². The summed E-state index contributed by atoms with van der Waals surface area (Å²) in [7, 11) is -2.22. The van der Waals surface area contributed by atoms with E-state index >= 15 is 0 Å². The van der Waals surface area contributed by atoms with Crippen molar-refractivity contribution in [2.24, 2.45) is 5.92 Å². The van der Waals surface area contributed by atoms with E-state index in [0.29, 0.717) is 4.90 Å². The van der Waals surface area contributed by atoms with Gasteiger partial charge in [0.15, 0.2) is 9.84 Å². The molecule has 1 aliphatic heterocycles. The maximum atomic E-state index is 13.0. The molecule has 0 aromatic heterocycles. The van der Waals surface area contributed by atoms with Crippen molar-refractivity contribution in [2.45, 2.75) is 48.0 Å². The van der Waals surface area contributed by atoms with E-state index in [9.17, 15) is 13.2 Å². The Morgan fingerprint density at radius 1 is 1.27 bits per heavy atom. The minimum atomic E-state index is -3.53. The van der Waals surface area contributed by atoms with Gasteiger partial charge in [-0.25, -0.2) is 8.42 Å². The van der Waals surface area contributed by atoms with Crippen LogP contribution in [-0.2, 0) is 24.1 Å². The molecule has 1 saturated carbocycles. The van der Waals surface area contributed by atoms with Crippen LogP contribution in [0.4, 0.5) is 0 Å². The molecule has 1 aromatic carbocycles. The van der Waals surface area contributed by atoms with Gasteiger partial charge >= 0.3 is 5.97 Å². The first-order valence-corrected chi connectivity index (χ1v) is 9.10. The fraction of sp³-hybridized carbons (Fsp3) is 0.562. The normalized spacial score (nSPS) is 31.0. The summed E-state index contributed by atoms with van der Waals surface area (Å²) >= 11 is 0. The molecule has 1 heterocycles. The van der Waals surface area contributed by atoms with Gasteiger partial charge in [-0.15, -0.1) is 0 Å². The first-order chi connectivity index (χ1) is 10.5. The summed E-state index contributed by atoms with van der Waals surface area (Å²) in [5.74, 6) is -0.460. The van der Waals surface area contributed by atoms with Crippen molar-refractivity contribution in [2.75, 3.05) is 7.11 Å². The van der Waals surface area contributed by atoms with E-state index in [-0.39, 0.29) is 18.4 Å².